The average Bonchev–Trinajstić information content (AvgIpc) is 2.82. The summed E-state index contributed by atoms with van der Waals surface area (Å²) in [4.78, 5) is 17.9. The molecule has 0 aliphatic carbocycles. The van der Waals surface area contributed by atoms with Crippen molar-refractivity contribution in [3.63, 3.8) is 0 Å². The molecule has 2 aromatic carbocycles. The van der Waals surface area contributed by atoms with Gasteiger partial charge in [0, 0.05) is 38.3 Å². The molecule has 1 N–H and O–H groups in total. The lowest BCUT2D eigenvalue weighted by Crippen LogP contribution is -2.59. The second-order valence-electron chi connectivity index (χ2n) is 9.19. The van der Waals surface area contributed by atoms with E-state index in [-0.39, 0.29) is 6.03 Å². The number of piperidine rings is 2. The predicted octanol–water partition coefficient (Wildman–Crippen LogP) is 4.03. The van der Waals surface area contributed by atoms with Gasteiger partial charge in [0.15, 0.2) is 0 Å². The smallest absolute Gasteiger partial charge is 0.317 e. The zero-order valence-corrected chi connectivity index (χ0v) is 18.4. The van der Waals surface area contributed by atoms with E-state index in [9.17, 15) is 4.79 Å². The molecule has 5 heteroatoms. The molecule has 3 aliphatic heterocycles. The van der Waals surface area contributed by atoms with E-state index in [4.69, 9.17) is 4.74 Å². The van der Waals surface area contributed by atoms with Gasteiger partial charge in [-0.1, -0.05) is 36.4 Å². The summed E-state index contributed by atoms with van der Waals surface area (Å²) < 4.78 is 5.45. The first-order valence-electron chi connectivity index (χ1n) is 11.7. The Hall–Kier alpha value is -2.53. The van der Waals surface area contributed by atoms with Gasteiger partial charge in [0.05, 0.1) is 7.11 Å². The van der Waals surface area contributed by atoms with Gasteiger partial charge in [0.1, 0.15) is 5.75 Å². The predicted molar refractivity (Wildman–Crippen MR) is 122 cm³/mol. The van der Waals surface area contributed by atoms with Gasteiger partial charge in [-0.2, -0.15) is 0 Å². The van der Waals surface area contributed by atoms with Crippen molar-refractivity contribution in [3.8, 4) is 5.75 Å². The van der Waals surface area contributed by atoms with E-state index in [0.29, 0.717) is 24.5 Å². The monoisotopic (exact) mass is 419 g/mol. The first-order valence-corrected chi connectivity index (χ1v) is 11.7. The summed E-state index contributed by atoms with van der Waals surface area (Å²) in [6.07, 6.45) is 5.34. The molecule has 2 fully saturated rings. The Morgan fingerprint density at radius 1 is 1.16 bits per heavy atom. The molecular weight excluding hydrogens is 386 g/mol. The molecule has 2 amide bonds. The van der Waals surface area contributed by atoms with Crippen molar-refractivity contribution >= 4 is 6.03 Å². The Morgan fingerprint density at radius 2 is 2.03 bits per heavy atom. The van der Waals surface area contributed by atoms with Crippen molar-refractivity contribution in [2.45, 2.75) is 44.2 Å². The van der Waals surface area contributed by atoms with Gasteiger partial charge in [-0.15, -0.1) is 0 Å². The number of fused-ring (bicyclic) bond motifs is 4. The van der Waals surface area contributed by atoms with Crippen LogP contribution in [0.3, 0.4) is 0 Å². The summed E-state index contributed by atoms with van der Waals surface area (Å²) in [6.45, 7) is 3.78. The molecule has 3 atom stereocenters. The Balaban J connectivity index is 1.27. The fraction of sp³-hybridized carbons (Fsp3) is 0.500. The van der Waals surface area contributed by atoms with E-state index in [0.717, 1.165) is 51.1 Å². The molecule has 0 spiro atoms. The second-order valence-corrected chi connectivity index (χ2v) is 9.19. The van der Waals surface area contributed by atoms with Crippen molar-refractivity contribution in [1.82, 2.24) is 15.1 Å². The number of methoxy groups -OCH3 is 1. The molecule has 164 valence electrons. The van der Waals surface area contributed by atoms with E-state index in [1.54, 1.807) is 7.11 Å². The molecular formula is C26H33N3O2. The summed E-state index contributed by atoms with van der Waals surface area (Å²) in [7, 11) is 1.73. The zero-order valence-electron chi connectivity index (χ0n) is 18.4. The molecule has 0 radical (unpaired) electrons. The van der Waals surface area contributed by atoms with Crippen molar-refractivity contribution in [1.29, 1.82) is 0 Å². The zero-order chi connectivity index (χ0) is 21.2. The Kier molecular flexibility index (Phi) is 5.86. The molecule has 0 unspecified atom stereocenters. The van der Waals surface area contributed by atoms with Gasteiger partial charge in [0.2, 0.25) is 0 Å². The molecule has 0 saturated carbocycles. The van der Waals surface area contributed by atoms with Crippen molar-refractivity contribution in [2.24, 2.45) is 5.92 Å². The van der Waals surface area contributed by atoms with Crippen LogP contribution >= 0.6 is 0 Å². The van der Waals surface area contributed by atoms with Gasteiger partial charge in [-0.3, -0.25) is 4.90 Å². The number of amides is 2. The van der Waals surface area contributed by atoms with Crippen LogP contribution < -0.4 is 10.1 Å². The maximum Gasteiger partial charge on any atom is 0.317 e. The van der Waals surface area contributed by atoms with Crippen LogP contribution in [-0.4, -0.2) is 55.2 Å². The molecule has 31 heavy (non-hydrogen) atoms. The normalized spacial score (nSPS) is 25.2. The number of urea groups is 1. The van der Waals surface area contributed by atoms with Crippen LogP contribution in [0.25, 0.3) is 0 Å². The minimum absolute atomic E-state index is 0.116. The number of carbonyl (C=O) groups excluding carboxylic acids is 1. The van der Waals surface area contributed by atoms with E-state index in [1.165, 1.54) is 23.1 Å². The number of likely N-dealkylation sites (tertiary alicyclic amines) is 1. The van der Waals surface area contributed by atoms with Crippen molar-refractivity contribution in [3.05, 3.63) is 65.2 Å². The molecule has 5 nitrogen and oxygen atoms in total. The van der Waals surface area contributed by atoms with Crippen molar-refractivity contribution < 1.29 is 9.53 Å². The maximum absolute atomic E-state index is 13.1. The number of rotatable bonds is 4. The van der Waals surface area contributed by atoms with Gasteiger partial charge >= 0.3 is 6.03 Å². The molecule has 0 aromatic heterocycles. The number of hydrogen-bond donors (Lipinski definition) is 1. The highest BCUT2D eigenvalue weighted by atomic mass is 16.5. The third-order valence-corrected chi connectivity index (χ3v) is 7.46. The Labute approximate surface area is 185 Å². The van der Waals surface area contributed by atoms with E-state index in [2.05, 4.69) is 57.6 Å². The average molecular weight is 420 g/mol. The van der Waals surface area contributed by atoms with Gasteiger partial charge in [-0.05, 0) is 66.8 Å². The molecule has 3 aliphatic rings. The van der Waals surface area contributed by atoms with E-state index < -0.39 is 0 Å². The van der Waals surface area contributed by atoms with Crippen LogP contribution in [0.15, 0.2) is 48.5 Å². The van der Waals surface area contributed by atoms with E-state index >= 15 is 0 Å². The van der Waals surface area contributed by atoms with Gasteiger partial charge in [-0.25, -0.2) is 4.79 Å². The van der Waals surface area contributed by atoms with Crippen LogP contribution in [0.2, 0.25) is 0 Å². The largest absolute Gasteiger partial charge is 0.497 e. The second kappa shape index (κ2) is 8.91. The highest BCUT2D eigenvalue weighted by Crippen LogP contribution is 2.43. The summed E-state index contributed by atoms with van der Waals surface area (Å²) >= 11 is 0. The van der Waals surface area contributed by atoms with Crippen LogP contribution in [0.4, 0.5) is 4.79 Å². The lowest BCUT2D eigenvalue weighted by Gasteiger charge is -2.52. The number of nitrogens with one attached hydrogen (secondary N) is 1. The van der Waals surface area contributed by atoms with Gasteiger partial charge < -0.3 is 15.0 Å². The highest BCUT2D eigenvalue weighted by Gasteiger charge is 2.43. The fourth-order valence-corrected chi connectivity index (χ4v) is 5.87. The first kappa shape index (κ1) is 20.4. The number of benzene rings is 2. The molecule has 2 saturated heterocycles. The van der Waals surface area contributed by atoms with Gasteiger partial charge in [0.25, 0.3) is 0 Å². The highest BCUT2D eigenvalue weighted by molar-refractivity contribution is 5.74. The summed E-state index contributed by atoms with van der Waals surface area (Å²) in [6, 6.07) is 17.8. The number of carbonyl (C=O) groups is 1. The Morgan fingerprint density at radius 3 is 2.87 bits per heavy atom. The summed E-state index contributed by atoms with van der Waals surface area (Å²) in [5.41, 5.74) is 4.11. The lowest BCUT2D eigenvalue weighted by atomic mass is 9.76. The quantitative estimate of drug-likeness (QED) is 0.814. The lowest BCUT2D eigenvalue weighted by molar-refractivity contribution is 0.00576. The third kappa shape index (κ3) is 4.16. The Bertz CT molecular complexity index is 916. The number of ether oxygens (including phenoxy) is 1. The minimum atomic E-state index is 0.116. The van der Waals surface area contributed by atoms with Crippen LogP contribution in [0, 0.1) is 5.92 Å². The first-order chi connectivity index (χ1) is 15.2. The van der Waals surface area contributed by atoms with Crippen molar-refractivity contribution in [2.75, 3.05) is 33.3 Å². The molecule has 5 rings (SSSR count). The minimum Gasteiger partial charge on any atom is -0.497 e. The fourth-order valence-electron chi connectivity index (χ4n) is 5.87. The topological polar surface area (TPSA) is 44.8 Å². The summed E-state index contributed by atoms with van der Waals surface area (Å²) in [5, 5.41) is 3.20. The van der Waals surface area contributed by atoms with E-state index in [1.807, 2.05) is 6.07 Å². The van der Waals surface area contributed by atoms with Crippen LogP contribution in [0.5, 0.6) is 5.75 Å². The standard InChI is InChI=1S/C26H33N3O2/c1-31-22-9-10-23-20(16-22)12-15-28-18-21-8-5-14-29(24(21)17-25(23)28)26(30)27-13-11-19-6-3-2-4-7-19/h2-4,6-7,9-10,16,21,24-25H,5,8,11-15,17-18H2,1H3,(H,27,30)/t21-,24+,25+/m1/s1. The number of hydrogen-bond acceptors (Lipinski definition) is 3. The van der Waals surface area contributed by atoms with Crippen LogP contribution in [-0.2, 0) is 12.8 Å². The molecule has 2 aromatic rings. The SMILES string of the molecule is COc1ccc2c(c1)CCN1C[C@H]3CCCN(C(=O)NCCc4ccccc4)[C@H]3C[C@@H]21. The third-order valence-electron chi connectivity index (χ3n) is 7.46. The molecule has 3 heterocycles. The summed E-state index contributed by atoms with van der Waals surface area (Å²) in [5.74, 6) is 1.53. The molecule has 0 bridgehead atoms. The maximum atomic E-state index is 13.1. The number of nitrogens with zero attached hydrogens (tertiary/aromatic N) is 2. The van der Waals surface area contributed by atoms with Crippen LogP contribution in [0.1, 0.15) is 42.0 Å².